The van der Waals surface area contributed by atoms with Gasteiger partial charge in [0.15, 0.2) is 0 Å². The van der Waals surface area contributed by atoms with E-state index in [-0.39, 0.29) is 17.3 Å². The van der Waals surface area contributed by atoms with Crippen LogP contribution in [0.4, 0.5) is 5.69 Å². The third-order valence-corrected chi connectivity index (χ3v) is 8.13. The molecule has 0 bridgehead atoms. The summed E-state index contributed by atoms with van der Waals surface area (Å²) in [6.45, 7) is 8.79. The molecule has 0 saturated heterocycles. The quantitative estimate of drug-likeness (QED) is 0.362. The maximum Gasteiger partial charge on any atom is 0.264 e. The molecule has 0 unspecified atom stereocenters. The summed E-state index contributed by atoms with van der Waals surface area (Å²) < 4.78 is 29.4. The second-order valence-electron chi connectivity index (χ2n) is 10.2. The lowest BCUT2D eigenvalue weighted by Gasteiger charge is -2.33. The number of anilines is 1. The maximum atomic E-state index is 13.9. The molecule has 0 fully saturated rings. The van der Waals surface area contributed by atoms with Crippen LogP contribution in [-0.4, -0.2) is 43.3 Å². The number of rotatable bonds is 9. The molecular weight excluding hydrogens is 566 g/mol. The van der Waals surface area contributed by atoms with Gasteiger partial charge >= 0.3 is 0 Å². The second-order valence-corrected chi connectivity index (χ2v) is 13.0. The molecule has 9 heteroatoms. The minimum atomic E-state index is -4.10. The van der Waals surface area contributed by atoms with Gasteiger partial charge in [-0.25, -0.2) is 8.42 Å². The number of amides is 2. The fraction of sp³-hybridized carbons (Fsp3) is 0.310. The van der Waals surface area contributed by atoms with Crippen LogP contribution in [-0.2, 0) is 26.2 Å². The highest BCUT2D eigenvalue weighted by Gasteiger charge is 2.33. The molecule has 0 aliphatic heterocycles. The Hall–Kier alpha value is -3.17. The third-order valence-electron chi connectivity index (χ3n) is 5.85. The fourth-order valence-corrected chi connectivity index (χ4v) is 5.63. The summed E-state index contributed by atoms with van der Waals surface area (Å²) >= 11 is 3.40. The number of benzene rings is 3. The standard InChI is InChI=1S/C29H34BrN3O4S/c1-21-14-16-26(17-15-21)38(36,37)33(25-13-9-12-24(30)18-25)20-27(34)32(19-23-10-7-6-8-11-23)22(2)28(35)31-29(3,4)5/h6-18,22H,19-20H2,1-5H3,(H,31,35)/t22-/m0/s1. The van der Waals surface area contributed by atoms with Gasteiger partial charge in [-0.3, -0.25) is 13.9 Å². The number of carbonyl (C=O) groups excluding carboxylic acids is 2. The summed E-state index contributed by atoms with van der Waals surface area (Å²) in [5.74, 6) is -0.821. The lowest BCUT2D eigenvalue weighted by molar-refractivity contribution is -0.140. The molecule has 3 rings (SSSR count). The third kappa shape index (κ3) is 7.68. The van der Waals surface area contributed by atoms with E-state index >= 15 is 0 Å². The van der Waals surface area contributed by atoms with Crippen LogP contribution in [0.2, 0.25) is 0 Å². The van der Waals surface area contributed by atoms with Crippen molar-refractivity contribution in [1.82, 2.24) is 10.2 Å². The lowest BCUT2D eigenvalue weighted by atomic mass is 10.1. The molecule has 202 valence electrons. The van der Waals surface area contributed by atoms with Crippen LogP contribution in [0.25, 0.3) is 0 Å². The zero-order valence-electron chi connectivity index (χ0n) is 22.3. The van der Waals surface area contributed by atoms with Gasteiger partial charge in [0.25, 0.3) is 10.0 Å². The number of nitrogens with zero attached hydrogens (tertiary/aromatic N) is 2. The van der Waals surface area contributed by atoms with Crippen molar-refractivity contribution in [2.75, 3.05) is 10.8 Å². The Kier molecular flexibility index (Phi) is 9.38. The van der Waals surface area contributed by atoms with E-state index in [2.05, 4.69) is 21.2 Å². The van der Waals surface area contributed by atoms with Gasteiger partial charge in [0, 0.05) is 16.6 Å². The first-order valence-corrected chi connectivity index (χ1v) is 14.5. The molecule has 3 aromatic carbocycles. The number of aryl methyl sites for hydroxylation is 1. The molecule has 0 radical (unpaired) electrons. The molecule has 2 amide bonds. The summed E-state index contributed by atoms with van der Waals surface area (Å²) in [7, 11) is -4.10. The molecule has 1 atom stereocenters. The van der Waals surface area contributed by atoms with Crippen molar-refractivity contribution in [2.24, 2.45) is 0 Å². The molecule has 0 aliphatic carbocycles. The Morgan fingerprint density at radius 1 is 0.947 bits per heavy atom. The number of nitrogens with one attached hydrogen (secondary N) is 1. The summed E-state index contributed by atoms with van der Waals surface area (Å²) in [4.78, 5) is 28.5. The van der Waals surface area contributed by atoms with Crippen molar-refractivity contribution in [1.29, 1.82) is 0 Å². The highest BCUT2D eigenvalue weighted by atomic mass is 79.9. The van der Waals surface area contributed by atoms with Gasteiger partial charge in [0.05, 0.1) is 10.6 Å². The molecule has 0 aromatic heterocycles. The monoisotopic (exact) mass is 599 g/mol. The Labute approximate surface area is 234 Å². The van der Waals surface area contributed by atoms with Crippen LogP contribution in [0.5, 0.6) is 0 Å². The predicted molar refractivity (Wildman–Crippen MR) is 154 cm³/mol. The smallest absolute Gasteiger partial charge is 0.264 e. The SMILES string of the molecule is Cc1ccc(S(=O)(=O)N(CC(=O)N(Cc2ccccc2)[C@@H](C)C(=O)NC(C)(C)C)c2cccc(Br)c2)cc1. The summed E-state index contributed by atoms with van der Waals surface area (Å²) in [6, 6.07) is 21.7. The van der Waals surface area contributed by atoms with Crippen molar-refractivity contribution in [2.45, 2.75) is 57.6 Å². The zero-order chi connectivity index (χ0) is 28.1. The Bertz CT molecular complexity index is 1370. The van der Waals surface area contributed by atoms with Gasteiger partial charge < -0.3 is 10.2 Å². The van der Waals surface area contributed by atoms with Crippen molar-refractivity contribution >= 4 is 43.5 Å². The minimum Gasteiger partial charge on any atom is -0.350 e. The molecular formula is C29H34BrN3O4S. The molecule has 7 nitrogen and oxygen atoms in total. The van der Waals surface area contributed by atoms with Crippen LogP contribution in [0.3, 0.4) is 0 Å². The number of hydrogen-bond acceptors (Lipinski definition) is 4. The average molecular weight is 601 g/mol. The summed E-state index contributed by atoms with van der Waals surface area (Å²) in [5, 5.41) is 2.92. The summed E-state index contributed by atoms with van der Waals surface area (Å²) in [5.41, 5.74) is 1.58. The Morgan fingerprint density at radius 3 is 2.16 bits per heavy atom. The van der Waals surface area contributed by atoms with Gasteiger partial charge in [-0.2, -0.15) is 0 Å². The van der Waals surface area contributed by atoms with E-state index in [0.29, 0.717) is 10.2 Å². The summed E-state index contributed by atoms with van der Waals surface area (Å²) in [6.07, 6.45) is 0. The van der Waals surface area contributed by atoms with E-state index in [1.54, 1.807) is 43.3 Å². The van der Waals surface area contributed by atoms with Crippen LogP contribution in [0, 0.1) is 6.92 Å². The van der Waals surface area contributed by atoms with Crippen molar-refractivity contribution in [3.05, 3.63) is 94.5 Å². The van der Waals surface area contributed by atoms with E-state index in [0.717, 1.165) is 15.4 Å². The van der Waals surface area contributed by atoms with Gasteiger partial charge in [0.1, 0.15) is 12.6 Å². The first-order valence-electron chi connectivity index (χ1n) is 12.3. The van der Waals surface area contributed by atoms with Gasteiger partial charge in [0.2, 0.25) is 11.8 Å². The number of halogens is 1. The topological polar surface area (TPSA) is 86.8 Å². The van der Waals surface area contributed by atoms with Crippen LogP contribution < -0.4 is 9.62 Å². The lowest BCUT2D eigenvalue weighted by Crippen LogP contribution is -2.54. The maximum absolute atomic E-state index is 13.9. The molecule has 38 heavy (non-hydrogen) atoms. The van der Waals surface area contributed by atoms with Crippen molar-refractivity contribution in [3.8, 4) is 0 Å². The van der Waals surface area contributed by atoms with E-state index in [1.807, 2.05) is 58.0 Å². The van der Waals surface area contributed by atoms with Crippen molar-refractivity contribution < 1.29 is 18.0 Å². The fourth-order valence-electron chi connectivity index (χ4n) is 3.83. The van der Waals surface area contributed by atoms with Crippen LogP contribution in [0.1, 0.15) is 38.8 Å². The van der Waals surface area contributed by atoms with E-state index < -0.39 is 34.1 Å². The largest absolute Gasteiger partial charge is 0.350 e. The number of carbonyl (C=O) groups is 2. The first-order chi connectivity index (χ1) is 17.8. The van der Waals surface area contributed by atoms with Gasteiger partial charge in [-0.15, -0.1) is 0 Å². The molecule has 0 spiro atoms. The first kappa shape index (κ1) is 29.4. The second kappa shape index (κ2) is 12.1. The van der Waals surface area contributed by atoms with Crippen LogP contribution in [0.15, 0.2) is 88.2 Å². The van der Waals surface area contributed by atoms with Crippen LogP contribution >= 0.6 is 15.9 Å². The predicted octanol–water partition coefficient (Wildman–Crippen LogP) is 5.28. The zero-order valence-corrected chi connectivity index (χ0v) is 24.7. The minimum absolute atomic E-state index is 0.0732. The number of sulfonamides is 1. The normalized spacial score (nSPS) is 12.5. The van der Waals surface area contributed by atoms with E-state index in [9.17, 15) is 18.0 Å². The van der Waals surface area contributed by atoms with E-state index in [1.165, 1.54) is 17.0 Å². The molecule has 0 aliphatic rings. The van der Waals surface area contributed by atoms with Gasteiger partial charge in [-0.05, 0) is 70.5 Å². The number of hydrogen-bond donors (Lipinski definition) is 1. The van der Waals surface area contributed by atoms with Crippen molar-refractivity contribution in [3.63, 3.8) is 0 Å². The Morgan fingerprint density at radius 2 is 1.58 bits per heavy atom. The Balaban J connectivity index is 2.03. The molecule has 1 N–H and O–H groups in total. The van der Waals surface area contributed by atoms with E-state index in [4.69, 9.17) is 0 Å². The molecule has 0 saturated carbocycles. The molecule has 3 aromatic rings. The average Bonchev–Trinajstić information content (AvgIpc) is 2.85. The van der Waals surface area contributed by atoms with Gasteiger partial charge in [-0.1, -0.05) is 70.0 Å². The highest BCUT2D eigenvalue weighted by molar-refractivity contribution is 9.10. The highest BCUT2D eigenvalue weighted by Crippen LogP contribution is 2.27. The molecule has 0 heterocycles.